The van der Waals surface area contributed by atoms with Gasteiger partial charge in [-0.1, -0.05) is 6.07 Å². The third-order valence-corrected chi connectivity index (χ3v) is 3.30. The fourth-order valence-electron chi connectivity index (χ4n) is 2.04. The minimum Gasteiger partial charge on any atom is -0.457 e. The molecule has 0 unspecified atom stereocenters. The van der Waals surface area contributed by atoms with Crippen LogP contribution in [-0.4, -0.2) is 19.2 Å². The normalized spacial score (nSPS) is 12.1. The molecule has 4 heteroatoms. The Hall–Kier alpha value is -2.07. The van der Waals surface area contributed by atoms with Crippen molar-refractivity contribution in [3.05, 3.63) is 53.3 Å². The monoisotopic (exact) mass is 289 g/mol. The molecule has 21 heavy (non-hydrogen) atoms. The summed E-state index contributed by atoms with van der Waals surface area (Å²) in [6, 6.07) is 10.5. The van der Waals surface area contributed by atoms with Crippen LogP contribution in [0.25, 0.3) is 0 Å². The smallest absolute Gasteiger partial charge is 0.133 e. The van der Waals surface area contributed by atoms with E-state index in [4.69, 9.17) is 4.74 Å². The van der Waals surface area contributed by atoms with Crippen molar-refractivity contribution in [2.75, 3.05) is 19.0 Å². The predicted octanol–water partition coefficient (Wildman–Crippen LogP) is 4.05. The second-order valence-corrected chi connectivity index (χ2v) is 5.31. The van der Waals surface area contributed by atoms with Crippen LogP contribution in [0.4, 0.5) is 10.1 Å². The fourth-order valence-corrected chi connectivity index (χ4v) is 2.04. The van der Waals surface area contributed by atoms with Crippen LogP contribution >= 0.6 is 0 Å². The maximum Gasteiger partial charge on any atom is 0.133 e. The summed E-state index contributed by atoms with van der Waals surface area (Å²) in [6.45, 7) is 3.26. The molecule has 0 heterocycles. The van der Waals surface area contributed by atoms with Gasteiger partial charge in [-0.25, -0.2) is 4.39 Å². The molecule has 0 aliphatic rings. The number of aliphatic hydroxyl groups is 1. The first-order valence-corrected chi connectivity index (χ1v) is 6.82. The Morgan fingerprint density at radius 1 is 1.19 bits per heavy atom. The van der Waals surface area contributed by atoms with Crippen LogP contribution in [0.3, 0.4) is 0 Å². The van der Waals surface area contributed by atoms with Gasteiger partial charge in [-0.3, -0.25) is 0 Å². The topological polar surface area (TPSA) is 32.7 Å². The van der Waals surface area contributed by atoms with Crippen molar-refractivity contribution in [1.82, 2.24) is 0 Å². The lowest BCUT2D eigenvalue weighted by Crippen LogP contribution is -2.08. The Bertz CT molecular complexity index is 639. The molecule has 0 saturated heterocycles. The van der Waals surface area contributed by atoms with Crippen LogP contribution in [0, 0.1) is 12.7 Å². The number of ether oxygens (including phenoxy) is 1. The van der Waals surface area contributed by atoms with Crippen LogP contribution in [0.1, 0.15) is 24.2 Å². The Morgan fingerprint density at radius 2 is 1.90 bits per heavy atom. The van der Waals surface area contributed by atoms with Crippen molar-refractivity contribution in [1.29, 1.82) is 0 Å². The standard InChI is InChI=1S/C17H20FNO2/c1-11-8-17(15(12(2)20)10-16(11)18)21-14-7-5-6-13(9-14)19(3)4/h5-10,12,20H,1-4H3/t12-/m0/s1. The molecule has 2 aromatic carbocycles. The van der Waals surface area contributed by atoms with Gasteiger partial charge in [0.25, 0.3) is 0 Å². The van der Waals surface area contributed by atoms with Gasteiger partial charge in [0.1, 0.15) is 17.3 Å². The van der Waals surface area contributed by atoms with E-state index in [9.17, 15) is 9.50 Å². The van der Waals surface area contributed by atoms with E-state index in [0.717, 1.165) is 5.69 Å². The molecule has 0 spiro atoms. The van der Waals surface area contributed by atoms with Crippen LogP contribution in [0.5, 0.6) is 11.5 Å². The van der Waals surface area contributed by atoms with Gasteiger partial charge in [0.2, 0.25) is 0 Å². The number of hydrogen-bond acceptors (Lipinski definition) is 3. The van der Waals surface area contributed by atoms with Crippen molar-refractivity contribution in [2.45, 2.75) is 20.0 Å². The first-order chi connectivity index (χ1) is 9.88. The minimum atomic E-state index is -0.799. The lowest BCUT2D eigenvalue weighted by Gasteiger charge is -2.17. The highest BCUT2D eigenvalue weighted by Gasteiger charge is 2.14. The molecule has 1 N–H and O–H groups in total. The Morgan fingerprint density at radius 3 is 2.52 bits per heavy atom. The van der Waals surface area contributed by atoms with E-state index in [0.29, 0.717) is 22.6 Å². The summed E-state index contributed by atoms with van der Waals surface area (Å²) in [5.74, 6) is 0.772. The van der Waals surface area contributed by atoms with E-state index in [1.165, 1.54) is 6.07 Å². The quantitative estimate of drug-likeness (QED) is 0.921. The summed E-state index contributed by atoms with van der Waals surface area (Å²) in [7, 11) is 3.89. The number of benzene rings is 2. The minimum absolute atomic E-state index is 0.347. The van der Waals surface area contributed by atoms with Crippen molar-refractivity contribution < 1.29 is 14.2 Å². The zero-order valence-electron chi connectivity index (χ0n) is 12.7. The first-order valence-electron chi connectivity index (χ1n) is 6.82. The third kappa shape index (κ3) is 3.52. The zero-order chi connectivity index (χ0) is 15.6. The van der Waals surface area contributed by atoms with Gasteiger partial charge >= 0.3 is 0 Å². The summed E-state index contributed by atoms with van der Waals surface area (Å²) in [6.07, 6.45) is -0.799. The number of anilines is 1. The first kappa shape index (κ1) is 15.3. The van der Waals surface area contributed by atoms with E-state index in [1.807, 2.05) is 43.3 Å². The molecular weight excluding hydrogens is 269 g/mol. The molecule has 0 saturated carbocycles. The molecule has 0 amide bonds. The summed E-state index contributed by atoms with van der Waals surface area (Å²) < 4.78 is 19.5. The Kier molecular flexibility index (Phi) is 4.48. The third-order valence-electron chi connectivity index (χ3n) is 3.30. The van der Waals surface area contributed by atoms with Crippen LogP contribution < -0.4 is 9.64 Å². The molecule has 2 aromatic rings. The SMILES string of the molecule is Cc1cc(Oc2cccc(N(C)C)c2)c([C@H](C)O)cc1F. The Labute approximate surface area is 124 Å². The number of aryl methyl sites for hydroxylation is 1. The van der Waals surface area contributed by atoms with E-state index >= 15 is 0 Å². The van der Waals surface area contributed by atoms with Gasteiger partial charge in [0.05, 0.1) is 6.10 Å². The average Bonchev–Trinajstić information content (AvgIpc) is 2.42. The second-order valence-electron chi connectivity index (χ2n) is 5.31. The zero-order valence-corrected chi connectivity index (χ0v) is 12.7. The van der Waals surface area contributed by atoms with Crippen molar-refractivity contribution in [3.63, 3.8) is 0 Å². The van der Waals surface area contributed by atoms with Crippen LogP contribution in [0.2, 0.25) is 0 Å². The molecule has 0 aromatic heterocycles. The molecule has 3 nitrogen and oxygen atoms in total. The molecule has 1 atom stereocenters. The van der Waals surface area contributed by atoms with Crippen LogP contribution in [-0.2, 0) is 0 Å². The van der Waals surface area contributed by atoms with Crippen molar-refractivity contribution in [2.24, 2.45) is 0 Å². The number of nitrogens with zero attached hydrogens (tertiary/aromatic N) is 1. The maximum atomic E-state index is 13.7. The maximum absolute atomic E-state index is 13.7. The second kappa shape index (κ2) is 6.14. The Balaban J connectivity index is 2.39. The van der Waals surface area contributed by atoms with E-state index in [2.05, 4.69) is 0 Å². The lowest BCUT2D eigenvalue weighted by atomic mass is 10.1. The van der Waals surface area contributed by atoms with Gasteiger partial charge in [-0.15, -0.1) is 0 Å². The number of halogens is 1. The van der Waals surface area contributed by atoms with Gasteiger partial charge in [-0.2, -0.15) is 0 Å². The fraction of sp³-hybridized carbons (Fsp3) is 0.294. The summed E-state index contributed by atoms with van der Waals surface area (Å²) in [5, 5.41) is 9.79. The van der Waals surface area contributed by atoms with Gasteiger partial charge in [-0.05, 0) is 43.7 Å². The summed E-state index contributed by atoms with van der Waals surface area (Å²) in [5.41, 5.74) is 1.93. The number of rotatable bonds is 4. The lowest BCUT2D eigenvalue weighted by molar-refractivity contribution is 0.195. The molecule has 0 fully saturated rings. The highest BCUT2D eigenvalue weighted by Crippen LogP contribution is 2.33. The predicted molar refractivity (Wildman–Crippen MR) is 82.6 cm³/mol. The van der Waals surface area contributed by atoms with Gasteiger partial charge < -0.3 is 14.7 Å². The van der Waals surface area contributed by atoms with E-state index in [-0.39, 0.29) is 5.82 Å². The van der Waals surface area contributed by atoms with Crippen LogP contribution in [0.15, 0.2) is 36.4 Å². The highest BCUT2D eigenvalue weighted by molar-refractivity contribution is 5.51. The van der Waals surface area contributed by atoms with Gasteiger partial charge in [0.15, 0.2) is 0 Å². The molecule has 0 radical (unpaired) electrons. The highest BCUT2D eigenvalue weighted by atomic mass is 19.1. The summed E-state index contributed by atoms with van der Waals surface area (Å²) in [4.78, 5) is 1.97. The largest absolute Gasteiger partial charge is 0.457 e. The molecular formula is C17H20FNO2. The van der Waals surface area contributed by atoms with Gasteiger partial charge in [0, 0.05) is 31.4 Å². The van der Waals surface area contributed by atoms with Crippen molar-refractivity contribution >= 4 is 5.69 Å². The van der Waals surface area contributed by atoms with E-state index in [1.54, 1.807) is 19.9 Å². The van der Waals surface area contributed by atoms with Crippen molar-refractivity contribution in [3.8, 4) is 11.5 Å². The molecule has 2 rings (SSSR count). The van der Waals surface area contributed by atoms with E-state index < -0.39 is 6.10 Å². The number of hydrogen-bond donors (Lipinski definition) is 1. The molecule has 0 aliphatic carbocycles. The molecule has 0 bridgehead atoms. The molecule has 0 aliphatic heterocycles. The molecule has 112 valence electrons. The summed E-state index contributed by atoms with van der Waals surface area (Å²) >= 11 is 0. The average molecular weight is 289 g/mol. The number of aliphatic hydroxyl groups excluding tert-OH is 1.